The molecule has 0 spiro atoms. The summed E-state index contributed by atoms with van der Waals surface area (Å²) in [6, 6.07) is 0. The first-order valence-corrected chi connectivity index (χ1v) is 4.49. The molecule has 4 nitrogen and oxygen atoms in total. The maximum atomic E-state index is 11.3. The molecular weight excluding hydrogens is 192 g/mol. The van der Waals surface area contributed by atoms with Crippen LogP contribution in [0.2, 0.25) is 5.02 Å². The number of hydrogen-bond acceptors (Lipinski definition) is 3. The van der Waals surface area contributed by atoms with Gasteiger partial charge in [0.2, 0.25) is 0 Å². The van der Waals surface area contributed by atoms with Crippen LogP contribution in [-0.4, -0.2) is 14.9 Å². The highest BCUT2D eigenvalue weighted by Crippen LogP contribution is 2.15. The fraction of sp³-hybridized carbons (Fsp3) is 0.500. The molecule has 0 radical (unpaired) electrons. The number of rotatable bonds is 3. The smallest absolute Gasteiger partial charge is 0.289 e. The normalized spacial score (nSPS) is 10.3. The van der Waals surface area contributed by atoms with Gasteiger partial charge < -0.3 is 5.11 Å². The molecule has 1 rings (SSSR count). The van der Waals surface area contributed by atoms with Gasteiger partial charge in [-0.25, -0.2) is 4.68 Å². The minimum absolute atomic E-state index is 0.161. The van der Waals surface area contributed by atoms with Crippen molar-refractivity contribution < 1.29 is 5.11 Å². The molecule has 0 aliphatic rings. The topological polar surface area (TPSA) is 55.1 Å². The zero-order chi connectivity index (χ0) is 9.84. The molecule has 13 heavy (non-hydrogen) atoms. The number of aromatic hydroxyl groups is 1. The van der Waals surface area contributed by atoms with Gasteiger partial charge in [0.1, 0.15) is 0 Å². The molecule has 0 atom stereocenters. The SMILES string of the molecule is CCCCn1ncc(O)c(Cl)c1=O. The molecule has 0 aromatic carbocycles. The van der Waals surface area contributed by atoms with Crippen molar-refractivity contribution in [3.63, 3.8) is 0 Å². The van der Waals surface area contributed by atoms with E-state index in [1.54, 1.807) is 0 Å². The number of nitrogens with zero attached hydrogens (tertiary/aromatic N) is 2. The minimum atomic E-state index is -0.435. The van der Waals surface area contributed by atoms with Gasteiger partial charge in [0.25, 0.3) is 5.56 Å². The van der Waals surface area contributed by atoms with Crippen molar-refractivity contribution in [3.8, 4) is 5.75 Å². The van der Waals surface area contributed by atoms with E-state index in [-0.39, 0.29) is 10.8 Å². The van der Waals surface area contributed by atoms with Crippen LogP contribution in [0.5, 0.6) is 5.75 Å². The van der Waals surface area contributed by atoms with Crippen LogP contribution in [-0.2, 0) is 6.54 Å². The van der Waals surface area contributed by atoms with Gasteiger partial charge in [-0.3, -0.25) is 4.79 Å². The zero-order valence-corrected chi connectivity index (χ0v) is 8.08. The van der Waals surface area contributed by atoms with Gasteiger partial charge >= 0.3 is 0 Å². The third kappa shape index (κ3) is 2.21. The van der Waals surface area contributed by atoms with Gasteiger partial charge in [0.15, 0.2) is 10.8 Å². The van der Waals surface area contributed by atoms with Crippen LogP contribution in [0.15, 0.2) is 11.0 Å². The first kappa shape index (κ1) is 10.1. The van der Waals surface area contributed by atoms with Crippen molar-refractivity contribution >= 4 is 11.6 Å². The maximum Gasteiger partial charge on any atom is 0.289 e. The Kier molecular flexibility index (Phi) is 3.31. The van der Waals surface area contributed by atoms with Gasteiger partial charge in [-0.15, -0.1) is 0 Å². The van der Waals surface area contributed by atoms with Crippen molar-refractivity contribution in [2.45, 2.75) is 26.3 Å². The Bertz CT molecular complexity index is 348. The lowest BCUT2D eigenvalue weighted by molar-refractivity contribution is 0.456. The van der Waals surface area contributed by atoms with E-state index >= 15 is 0 Å². The summed E-state index contributed by atoms with van der Waals surface area (Å²) in [6.07, 6.45) is 3.03. The molecule has 0 bridgehead atoms. The Morgan fingerprint density at radius 2 is 2.38 bits per heavy atom. The largest absolute Gasteiger partial charge is 0.505 e. The van der Waals surface area contributed by atoms with Crippen LogP contribution in [0.25, 0.3) is 0 Å². The summed E-state index contributed by atoms with van der Waals surface area (Å²) in [5.41, 5.74) is -0.435. The van der Waals surface area contributed by atoms with Crippen LogP contribution >= 0.6 is 11.6 Å². The third-order valence-corrected chi connectivity index (χ3v) is 2.05. The summed E-state index contributed by atoms with van der Waals surface area (Å²) < 4.78 is 1.26. The lowest BCUT2D eigenvalue weighted by Crippen LogP contribution is -2.22. The lowest BCUT2D eigenvalue weighted by atomic mass is 10.3. The van der Waals surface area contributed by atoms with Gasteiger partial charge in [-0.2, -0.15) is 5.10 Å². The Morgan fingerprint density at radius 1 is 1.69 bits per heavy atom. The second kappa shape index (κ2) is 4.28. The van der Waals surface area contributed by atoms with Crippen LogP contribution < -0.4 is 5.56 Å². The Morgan fingerprint density at radius 3 is 3.00 bits per heavy atom. The molecular formula is C8H11ClN2O2. The van der Waals surface area contributed by atoms with E-state index in [4.69, 9.17) is 16.7 Å². The zero-order valence-electron chi connectivity index (χ0n) is 7.33. The van der Waals surface area contributed by atoms with E-state index < -0.39 is 5.56 Å². The van der Waals surface area contributed by atoms with Crippen LogP contribution in [0.3, 0.4) is 0 Å². The van der Waals surface area contributed by atoms with Crippen molar-refractivity contribution in [3.05, 3.63) is 21.6 Å². The summed E-state index contributed by atoms with van der Waals surface area (Å²) in [6.45, 7) is 2.56. The standard InChI is InChI=1S/C8H11ClN2O2/c1-2-3-4-11-8(13)7(9)6(12)5-10-11/h5,12H,2-4H2,1H3. The Balaban J connectivity index is 2.97. The number of unbranched alkanes of at least 4 members (excludes halogenated alkanes) is 1. The lowest BCUT2D eigenvalue weighted by Gasteiger charge is -2.03. The molecule has 1 heterocycles. The highest BCUT2D eigenvalue weighted by atomic mass is 35.5. The van der Waals surface area contributed by atoms with Gasteiger partial charge in [-0.1, -0.05) is 24.9 Å². The van der Waals surface area contributed by atoms with E-state index in [1.807, 2.05) is 6.92 Å². The summed E-state index contributed by atoms with van der Waals surface area (Å²) in [5, 5.41) is 12.6. The average Bonchev–Trinajstić information content (AvgIpc) is 2.13. The maximum absolute atomic E-state index is 11.3. The van der Waals surface area contributed by atoms with Crippen molar-refractivity contribution in [1.82, 2.24) is 9.78 Å². The van der Waals surface area contributed by atoms with Crippen molar-refractivity contribution in [2.24, 2.45) is 0 Å². The average molecular weight is 203 g/mol. The Hall–Kier alpha value is -1.03. The van der Waals surface area contributed by atoms with Crippen molar-refractivity contribution in [1.29, 1.82) is 0 Å². The molecule has 1 N–H and O–H groups in total. The molecule has 0 aliphatic heterocycles. The molecule has 0 amide bonds. The van der Waals surface area contributed by atoms with E-state index in [1.165, 1.54) is 10.9 Å². The van der Waals surface area contributed by atoms with Gasteiger partial charge in [0, 0.05) is 6.54 Å². The Labute approximate surface area is 80.8 Å². The van der Waals surface area contributed by atoms with Gasteiger partial charge in [-0.05, 0) is 6.42 Å². The molecule has 72 valence electrons. The first-order valence-electron chi connectivity index (χ1n) is 4.11. The quantitative estimate of drug-likeness (QED) is 0.806. The summed E-state index contributed by atoms with van der Waals surface area (Å²) in [4.78, 5) is 11.3. The highest BCUT2D eigenvalue weighted by molar-refractivity contribution is 6.31. The van der Waals surface area contributed by atoms with E-state index in [9.17, 15) is 4.79 Å². The fourth-order valence-electron chi connectivity index (χ4n) is 0.924. The van der Waals surface area contributed by atoms with E-state index in [0.717, 1.165) is 12.8 Å². The molecule has 1 aromatic heterocycles. The van der Waals surface area contributed by atoms with E-state index in [0.29, 0.717) is 6.54 Å². The van der Waals surface area contributed by atoms with Crippen molar-refractivity contribution in [2.75, 3.05) is 0 Å². The number of halogens is 1. The second-order valence-corrected chi connectivity index (χ2v) is 3.10. The number of hydrogen-bond donors (Lipinski definition) is 1. The van der Waals surface area contributed by atoms with E-state index in [2.05, 4.69) is 5.10 Å². The molecule has 0 saturated carbocycles. The molecule has 0 aliphatic carbocycles. The minimum Gasteiger partial charge on any atom is -0.505 e. The summed E-state index contributed by atoms with van der Waals surface area (Å²) in [5.74, 6) is -0.264. The molecule has 0 unspecified atom stereocenters. The molecule has 0 fully saturated rings. The van der Waals surface area contributed by atoms with Gasteiger partial charge in [0.05, 0.1) is 6.20 Å². The number of aryl methyl sites for hydroxylation is 1. The molecule has 1 aromatic rings. The highest BCUT2D eigenvalue weighted by Gasteiger charge is 2.06. The summed E-state index contributed by atoms with van der Waals surface area (Å²) >= 11 is 5.54. The molecule has 5 heteroatoms. The third-order valence-electron chi connectivity index (χ3n) is 1.69. The predicted molar refractivity (Wildman–Crippen MR) is 50.1 cm³/mol. The number of aromatic nitrogens is 2. The molecule has 0 saturated heterocycles. The van der Waals surface area contributed by atoms with Crippen LogP contribution in [0, 0.1) is 0 Å². The van der Waals surface area contributed by atoms with Crippen LogP contribution in [0.4, 0.5) is 0 Å². The predicted octanol–water partition coefficient (Wildman–Crippen LogP) is 1.40. The first-order chi connectivity index (χ1) is 6.16. The second-order valence-electron chi connectivity index (χ2n) is 2.73. The monoisotopic (exact) mass is 202 g/mol. The van der Waals surface area contributed by atoms with Crippen LogP contribution in [0.1, 0.15) is 19.8 Å². The fourth-order valence-corrected chi connectivity index (χ4v) is 1.07. The summed E-state index contributed by atoms with van der Waals surface area (Å²) in [7, 11) is 0.